The molecule has 134 valence electrons. The number of hydrogen-bond donors (Lipinski definition) is 0. The standard InChI is InChI=1S/C17H14BrFN4O3/c18-13-3-2-12(25-13)15(24)23-9-1-6-17(19,10-23)16-21-14(22-26-16)11-4-7-20-8-5-11/h2-5,7-8H,1,6,9-10H2. The molecule has 1 atom stereocenters. The molecule has 3 aromatic heterocycles. The minimum absolute atomic E-state index is 0.123. The summed E-state index contributed by atoms with van der Waals surface area (Å²) in [5.74, 6) is -0.0456. The summed E-state index contributed by atoms with van der Waals surface area (Å²) >= 11 is 3.16. The molecule has 0 radical (unpaired) electrons. The van der Waals surface area contributed by atoms with Crippen LogP contribution in [0, 0.1) is 0 Å². The predicted molar refractivity (Wildman–Crippen MR) is 91.9 cm³/mol. The van der Waals surface area contributed by atoms with Crippen molar-refractivity contribution in [2.45, 2.75) is 18.5 Å². The fourth-order valence-electron chi connectivity index (χ4n) is 2.97. The molecule has 9 heteroatoms. The highest BCUT2D eigenvalue weighted by Gasteiger charge is 2.44. The number of piperidine rings is 1. The summed E-state index contributed by atoms with van der Waals surface area (Å²) in [6.45, 7) is 0.274. The van der Waals surface area contributed by atoms with Gasteiger partial charge >= 0.3 is 0 Å². The Balaban J connectivity index is 1.56. The Labute approximate surface area is 156 Å². The molecule has 0 bridgehead atoms. The maximum Gasteiger partial charge on any atom is 0.289 e. The number of amides is 1. The fraction of sp³-hybridized carbons (Fsp3) is 0.294. The normalized spacial score (nSPS) is 20.3. The van der Waals surface area contributed by atoms with Crippen molar-refractivity contribution in [2.24, 2.45) is 0 Å². The fourth-order valence-corrected chi connectivity index (χ4v) is 3.27. The molecule has 1 amide bonds. The summed E-state index contributed by atoms with van der Waals surface area (Å²) in [6.07, 6.45) is 3.88. The third-order valence-corrected chi connectivity index (χ3v) is 4.69. The van der Waals surface area contributed by atoms with Gasteiger partial charge in [-0.3, -0.25) is 9.78 Å². The maximum absolute atomic E-state index is 15.5. The van der Waals surface area contributed by atoms with Gasteiger partial charge in [0.15, 0.2) is 10.4 Å². The highest BCUT2D eigenvalue weighted by molar-refractivity contribution is 9.10. The number of pyridine rings is 1. The van der Waals surface area contributed by atoms with Crippen LogP contribution in [0.3, 0.4) is 0 Å². The lowest BCUT2D eigenvalue weighted by atomic mass is 9.94. The van der Waals surface area contributed by atoms with Crippen LogP contribution in [0.15, 0.2) is 50.3 Å². The average Bonchev–Trinajstić information content (AvgIpc) is 3.32. The number of carbonyl (C=O) groups excluding carboxylic acids is 1. The number of rotatable bonds is 3. The minimum Gasteiger partial charge on any atom is -0.444 e. The van der Waals surface area contributed by atoms with Crippen LogP contribution < -0.4 is 0 Å². The van der Waals surface area contributed by atoms with Crippen LogP contribution in [-0.4, -0.2) is 39.0 Å². The Morgan fingerprint density at radius 2 is 2.08 bits per heavy atom. The van der Waals surface area contributed by atoms with Crippen LogP contribution in [-0.2, 0) is 5.67 Å². The van der Waals surface area contributed by atoms with E-state index in [0.29, 0.717) is 23.2 Å². The van der Waals surface area contributed by atoms with Gasteiger partial charge in [0.1, 0.15) is 0 Å². The summed E-state index contributed by atoms with van der Waals surface area (Å²) in [4.78, 5) is 22.1. The van der Waals surface area contributed by atoms with Gasteiger partial charge in [0.05, 0.1) is 6.54 Å². The molecular formula is C17H14BrFN4O3. The molecule has 1 saturated heterocycles. The first-order chi connectivity index (χ1) is 12.5. The van der Waals surface area contributed by atoms with Crippen molar-refractivity contribution in [1.82, 2.24) is 20.0 Å². The quantitative estimate of drug-likeness (QED) is 0.643. The number of furan rings is 1. The number of aromatic nitrogens is 3. The first-order valence-corrected chi connectivity index (χ1v) is 8.83. The molecule has 4 heterocycles. The second-order valence-electron chi connectivity index (χ2n) is 6.06. The van der Waals surface area contributed by atoms with Crippen LogP contribution in [0.5, 0.6) is 0 Å². The van der Waals surface area contributed by atoms with Gasteiger partial charge < -0.3 is 13.8 Å². The molecule has 0 spiro atoms. The second-order valence-corrected chi connectivity index (χ2v) is 6.84. The Morgan fingerprint density at radius 1 is 1.27 bits per heavy atom. The lowest BCUT2D eigenvalue weighted by Gasteiger charge is -2.34. The van der Waals surface area contributed by atoms with Crippen LogP contribution in [0.4, 0.5) is 4.39 Å². The van der Waals surface area contributed by atoms with E-state index in [9.17, 15) is 4.79 Å². The van der Waals surface area contributed by atoms with Crippen molar-refractivity contribution in [3.05, 3.63) is 53.0 Å². The van der Waals surface area contributed by atoms with Gasteiger partial charge in [-0.15, -0.1) is 0 Å². The van der Waals surface area contributed by atoms with E-state index in [1.54, 1.807) is 36.7 Å². The second kappa shape index (κ2) is 6.64. The Kier molecular flexibility index (Phi) is 4.31. The van der Waals surface area contributed by atoms with Gasteiger partial charge in [-0.25, -0.2) is 4.39 Å². The topological polar surface area (TPSA) is 85.3 Å². The van der Waals surface area contributed by atoms with Crippen molar-refractivity contribution in [3.63, 3.8) is 0 Å². The smallest absolute Gasteiger partial charge is 0.289 e. The van der Waals surface area contributed by atoms with Gasteiger partial charge in [-0.2, -0.15) is 4.98 Å². The zero-order valence-corrected chi connectivity index (χ0v) is 15.1. The largest absolute Gasteiger partial charge is 0.444 e. The highest BCUT2D eigenvalue weighted by Crippen LogP contribution is 2.36. The predicted octanol–water partition coefficient (Wildman–Crippen LogP) is 3.59. The highest BCUT2D eigenvalue weighted by atomic mass is 79.9. The van der Waals surface area contributed by atoms with Crippen LogP contribution >= 0.6 is 15.9 Å². The molecule has 0 aliphatic carbocycles. The van der Waals surface area contributed by atoms with Crippen molar-refractivity contribution in [3.8, 4) is 11.4 Å². The van der Waals surface area contributed by atoms with Crippen molar-refractivity contribution >= 4 is 21.8 Å². The number of hydrogen-bond acceptors (Lipinski definition) is 6. The van der Waals surface area contributed by atoms with Gasteiger partial charge in [0, 0.05) is 24.5 Å². The monoisotopic (exact) mass is 420 g/mol. The van der Waals surface area contributed by atoms with Crippen molar-refractivity contribution in [2.75, 3.05) is 13.1 Å². The molecule has 1 aliphatic rings. The molecular weight excluding hydrogens is 407 g/mol. The van der Waals surface area contributed by atoms with E-state index in [0.717, 1.165) is 0 Å². The summed E-state index contributed by atoms with van der Waals surface area (Å²) in [7, 11) is 0. The Bertz CT molecular complexity index is 929. The molecule has 4 rings (SSSR count). The first kappa shape index (κ1) is 16.9. The molecule has 26 heavy (non-hydrogen) atoms. The molecule has 3 aromatic rings. The number of nitrogens with zero attached hydrogens (tertiary/aromatic N) is 4. The molecule has 0 aromatic carbocycles. The molecule has 0 saturated carbocycles. The number of likely N-dealkylation sites (tertiary alicyclic amines) is 1. The van der Waals surface area contributed by atoms with E-state index in [2.05, 4.69) is 31.1 Å². The van der Waals surface area contributed by atoms with E-state index >= 15 is 4.39 Å². The van der Waals surface area contributed by atoms with E-state index in [4.69, 9.17) is 8.94 Å². The van der Waals surface area contributed by atoms with Crippen LogP contribution in [0.2, 0.25) is 0 Å². The van der Waals surface area contributed by atoms with Crippen molar-refractivity contribution < 1.29 is 18.1 Å². The third kappa shape index (κ3) is 3.14. The zero-order chi connectivity index (χ0) is 18.1. The summed E-state index contributed by atoms with van der Waals surface area (Å²) in [5, 5.41) is 3.86. The van der Waals surface area contributed by atoms with E-state index < -0.39 is 5.67 Å². The average molecular weight is 421 g/mol. The lowest BCUT2D eigenvalue weighted by Crippen LogP contribution is -2.46. The molecule has 0 N–H and O–H groups in total. The molecule has 1 unspecified atom stereocenters. The van der Waals surface area contributed by atoms with Crippen LogP contribution in [0.25, 0.3) is 11.4 Å². The summed E-state index contributed by atoms with van der Waals surface area (Å²) in [6, 6.07) is 6.60. The molecule has 1 fully saturated rings. The van der Waals surface area contributed by atoms with E-state index in [1.165, 1.54) is 4.90 Å². The lowest BCUT2D eigenvalue weighted by molar-refractivity contribution is 0.0136. The van der Waals surface area contributed by atoms with Crippen molar-refractivity contribution in [1.29, 1.82) is 0 Å². The number of carbonyl (C=O) groups is 1. The minimum atomic E-state index is -1.89. The van der Waals surface area contributed by atoms with Gasteiger partial charge in [0.25, 0.3) is 11.8 Å². The Morgan fingerprint density at radius 3 is 2.81 bits per heavy atom. The number of halogens is 2. The number of alkyl halides is 1. The van der Waals surface area contributed by atoms with E-state index in [-0.39, 0.29) is 36.3 Å². The van der Waals surface area contributed by atoms with Gasteiger partial charge in [-0.1, -0.05) is 5.16 Å². The maximum atomic E-state index is 15.5. The zero-order valence-electron chi connectivity index (χ0n) is 13.6. The summed E-state index contributed by atoms with van der Waals surface area (Å²) < 4.78 is 26.4. The first-order valence-electron chi connectivity index (χ1n) is 8.03. The van der Waals surface area contributed by atoms with Crippen LogP contribution in [0.1, 0.15) is 29.3 Å². The summed E-state index contributed by atoms with van der Waals surface area (Å²) in [5.41, 5.74) is -1.21. The molecule has 1 aliphatic heterocycles. The Hall–Kier alpha value is -2.55. The van der Waals surface area contributed by atoms with E-state index in [1.807, 2.05) is 0 Å². The SMILES string of the molecule is O=C(c1ccc(Br)o1)N1CCCC(F)(c2nc(-c3ccncc3)no2)C1. The van der Waals surface area contributed by atoms with Gasteiger partial charge in [-0.05, 0) is 53.0 Å². The van der Waals surface area contributed by atoms with Gasteiger partial charge in [0.2, 0.25) is 11.5 Å². The molecule has 7 nitrogen and oxygen atoms in total. The third-order valence-electron chi connectivity index (χ3n) is 4.26.